The predicted octanol–water partition coefficient (Wildman–Crippen LogP) is 3.96. The van der Waals surface area contributed by atoms with E-state index >= 15 is 0 Å². The SMILES string of the molecule is CCC(=O)NCC(=O)Nc1ccc(Oc2ccccc2C(F)(F)F)cc1. The van der Waals surface area contributed by atoms with Crippen LogP contribution in [0.5, 0.6) is 11.5 Å². The molecule has 0 heterocycles. The van der Waals surface area contributed by atoms with Gasteiger partial charge in [0, 0.05) is 12.1 Å². The van der Waals surface area contributed by atoms with Crippen LogP contribution in [0.4, 0.5) is 18.9 Å². The molecular formula is C18H17F3N2O3. The molecule has 2 N–H and O–H groups in total. The molecule has 0 saturated heterocycles. The average molecular weight is 366 g/mol. The van der Waals surface area contributed by atoms with Crippen molar-refractivity contribution in [2.24, 2.45) is 0 Å². The molecule has 26 heavy (non-hydrogen) atoms. The lowest BCUT2D eigenvalue weighted by molar-refractivity contribution is -0.138. The maximum absolute atomic E-state index is 13.0. The zero-order valence-electron chi connectivity index (χ0n) is 13.9. The molecule has 2 aromatic rings. The standard InChI is InChI=1S/C18H17F3N2O3/c1-2-16(24)22-11-17(25)23-12-7-9-13(10-8-12)26-15-6-4-3-5-14(15)18(19,20)21/h3-10H,2,11H2,1H3,(H,22,24)(H,23,25). The fourth-order valence-corrected chi connectivity index (χ4v) is 2.03. The van der Waals surface area contributed by atoms with Crippen LogP contribution in [-0.2, 0) is 15.8 Å². The number of halogens is 3. The van der Waals surface area contributed by atoms with E-state index in [9.17, 15) is 22.8 Å². The lowest BCUT2D eigenvalue weighted by Gasteiger charge is -2.13. The fraction of sp³-hybridized carbons (Fsp3) is 0.222. The summed E-state index contributed by atoms with van der Waals surface area (Å²) >= 11 is 0. The highest BCUT2D eigenvalue weighted by Gasteiger charge is 2.34. The number of carbonyl (C=O) groups excluding carboxylic acids is 2. The highest BCUT2D eigenvalue weighted by molar-refractivity contribution is 5.94. The van der Waals surface area contributed by atoms with Gasteiger partial charge in [0.1, 0.15) is 11.5 Å². The maximum atomic E-state index is 13.0. The molecule has 2 rings (SSSR count). The highest BCUT2D eigenvalue weighted by atomic mass is 19.4. The van der Waals surface area contributed by atoms with Gasteiger partial charge in [-0.25, -0.2) is 0 Å². The van der Waals surface area contributed by atoms with Crippen molar-refractivity contribution in [3.8, 4) is 11.5 Å². The summed E-state index contributed by atoms with van der Waals surface area (Å²) in [5, 5.41) is 4.99. The molecular weight excluding hydrogens is 349 g/mol. The second kappa shape index (κ2) is 8.37. The molecule has 2 aromatic carbocycles. The van der Waals surface area contributed by atoms with Crippen LogP contribution in [0.2, 0.25) is 0 Å². The molecule has 2 amide bonds. The molecule has 0 fully saturated rings. The molecule has 0 atom stereocenters. The second-order valence-corrected chi connectivity index (χ2v) is 5.30. The van der Waals surface area contributed by atoms with Gasteiger partial charge < -0.3 is 15.4 Å². The fourth-order valence-electron chi connectivity index (χ4n) is 2.03. The lowest BCUT2D eigenvalue weighted by atomic mass is 10.2. The summed E-state index contributed by atoms with van der Waals surface area (Å²) < 4.78 is 44.2. The Labute approximate surface area is 148 Å². The molecule has 0 aromatic heterocycles. The summed E-state index contributed by atoms with van der Waals surface area (Å²) in [5.41, 5.74) is -0.443. The third-order valence-electron chi connectivity index (χ3n) is 3.33. The van der Waals surface area contributed by atoms with Gasteiger partial charge in [-0.3, -0.25) is 9.59 Å². The van der Waals surface area contributed by atoms with Gasteiger partial charge in [0.15, 0.2) is 0 Å². The van der Waals surface area contributed by atoms with Crippen molar-refractivity contribution in [1.82, 2.24) is 5.32 Å². The van der Waals surface area contributed by atoms with Crippen molar-refractivity contribution in [1.29, 1.82) is 0 Å². The number of carbonyl (C=O) groups is 2. The zero-order valence-corrected chi connectivity index (χ0v) is 13.9. The van der Waals surface area contributed by atoms with Crippen LogP contribution in [0.15, 0.2) is 48.5 Å². The Morgan fingerprint density at radius 2 is 1.65 bits per heavy atom. The third kappa shape index (κ3) is 5.51. The quantitative estimate of drug-likeness (QED) is 0.813. The second-order valence-electron chi connectivity index (χ2n) is 5.30. The van der Waals surface area contributed by atoms with Crippen LogP contribution in [0.3, 0.4) is 0 Å². The van der Waals surface area contributed by atoms with Crippen LogP contribution < -0.4 is 15.4 Å². The minimum Gasteiger partial charge on any atom is -0.457 e. The van der Waals surface area contributed by atoms with Gasteiger partial charge in [0.2, 0.25) is 11.8 Å². The van der Waals surface area contributed by atoms with Gasteiger partial charge in [0.25, 0.3) is 0 Å². The molecule has 0 radical (unpaired) electrons. The Bertz CT molecular complexity index is 774. The number of rotatable bonds is 6. The topological polar surface area (TPSA) is 67.4 Å². The normalized spacial score (nSPS) is 10.9. The Morgan fingerprint density at radius 1 is 1.00 bits per heavy atom. The minimum absolute atomic E-state index is 0.163. The Hall–Kier alpha value is -3.03. The van der Waals surface area contributed by atoms with Crippen LogP contribution >= 0.6 is 0 Å². The molecule has 0 aliphatic heterocycles. The van der Waals surface area contributed by atoms with E-state index < -0.39 is 17.6 Å². The van der Waals surface area contributed by atoms with Gasteiger partial charge >= 0.3 is 6.18 Å². The molecule has 0 unspecified atom stereocenters. The van der Waals surface area contributed by atoms with Crippen molar-refractivity contribution in [2.45, 2.75) is 19.5 Å². The molecule has 8 heteroatoms. The Balaban J connectivity index is 2.00. The van der Waals surface area contributed by atoms with Crippen LogP contribution in [0.25, 0.3) is 0 Å². The summed E-state index contributed by atoms with van der Waals surface area (Å²) in [6, 6.07) is 10.8. The van der Waals surface area contributed by atoms with Crippen molar-refractivity contribution in [3.05, 3.63) is 54.1 Å². The van der Waals surface area contributed by atoms with Crippen molar-refractivity contribution < 1.29 is 27.5 Å². The summed E-state index contributed by atoms with van der Waals surface area (Å²) in [5.74, 6) is -0.770. The number of nitrogens with one attached hydrogen (secondary N) is 2. The van der Waals surface area contributed by atoms with Crippen molar-refractivity contribution >= 4 is 17.5 Å². The number of hydrogen-bond donors (Lipinski definition) is 2. The van der Waals surface area contributed by atoms with E-state index in [1.807, 2.05) is 0 Å². The Kier molecular flexibility index (Phi) is 6.21. The summed E-state index contributed by atoms with van der Waals surface area (Å²) in [4.78, 5) is 22.8. The van der Waals surface area contributed by atoms with E-state index in [-0.39, 0.29) is 30.4 Å². The molecule has 0 bridgehead atoms. The van der Waals surface area contributed by atoms with Gasteiger partial charge in [-0.05, 0) is 36.4 Å². The number of amides is 2. The van der Waals surface area contributed by atoms with E-state index in [0.29, 0.717) is 5.69 Å². The molecule has 0 aliphatic carbocycles. The summed E-state index contributed by atoms with van der Waals surface area (Å²) in [6.45, 7) is 1.51. The predicted molar refractivity (Wildman–Crippen MR) is 89.9 cm³/mol. The number of anilines is 1. The van der Waals surface area contributed by atoms with Crippen molar-refractivity contribution in [3.63, 3.8) is 0 Å². The first-order valence-electron chi connectivity index (χ1n) is 7.80. The van der Waals surface area contributed by atoms with Gasteiger partial charge in [0.05, 0.1) is 12.1 Å². The largest absolute Gasteiger partial charge is 0.457 e. The van der Waals surface area contributed by atoms with Gasteiger partial charge in [-0.2, -0.15) is 13.2 Å². The van der Waals surface area contributed by atoms with Gasteiger partial charge in [-0.1, -0.05) is 19.1 Å². The number of alkyl halides is 3. The highest BCUT2D eigenvalue weighted by Crippen LogP contribution is 2.37. The first-order chi connectivity index (χ1) is 12.3. The Morgan fingerprint density at radius 3 is 2.27 bits per heavy atom. The zero-order chi connectivity index (χ0) is 19.2. The van der Waals surface area contributed by atoms with E-state index in [2.05, 4.69) is 10.6 Å². The molecule has 0 saturated carbocycles. The smallest absolute Gasteiger partial charge is 0.419 e. The summed E-state index contributed by atoms with van der Waals surface area (Å²) in [6.07, 6.45) is -4.24. The lowest BCUT2D eigenvalue weighted by Crippen LogP contribution is -2.32. The molecule has 138 valence electrons. The van der Waals surface area contributed by atoms with Crippen LogP contribution in [0.1, 0.15) is 18.9 Å². The number of benzene rings is 2. The first-order valence-corrected chi connectivity index (χ1v) is 7.80. The third-order valence-corrected chi connectivity index (χ3v) is 3.33. The molecule has 0 aliphatic rings. The van der Waals surface area contributed by atoms with E-state index in [0.717, 1.165) is 6.07 Å². The van der Waals surface area contributed by atoms with Crippen molar-refractivity contribution in [2.75, 3.05) is 11.9 Å². The van der Waals surface area contributed by atoms with Crippen LogP contribution in [0, 0.1) is 0 Å². The van der Waals surface area contributed by atoms with Crippen LogP contribution in [-0.4, -0.2) is 18.4 Å². The van der Waals surface area contributed by atoms with E-state index in [4.69, 9.17) is 4.74 Å². The van der Waals surface area contributed by atoms with Gasteiger partial charge in [-0.15, -0.1) is 0 Å². The van der Waals surface area contributed by atoms with E-state index in [1.54, 1.807) is 6.92 Å². The van der Waals surface area contributed by atoms with E-state index in [1.165, 1.54) is 42.5 Å². The molecule has 0 spiro atoms. The number of ether oxygens (including phenoxy) is 1. The molecule has 5 nitrogen and oxygen atoms in total. The monoisotopic (exact) mass is 366 g/mol. The first kappa shape index (κ1) is 19.3. The average Bonchev–Trinajstić information content (AvgIpc) is 2.61. The summed E-state index contributed by atoms with van der Waals surface area (Å²) in [7, 11) is 0. The number of hydrogen-bond acceptors (Lipinski definition) is 3. The maximum Gasteiger partial charge on any atom is 0.419 e. The minimum atomic E-state index is -4.52. The number of para-hydroxylation sites is 1.